The maximum atomic E-state index is 11.4. The topological polar surface area (TPSA) is 101 Å². The van der Waals surface area contributed by atoms with Gasteiger partial charge in [0.25, 0.3) is 0 Å². The maximum absolute atomic E-state index is 11.4. The summed E-state index contributed by atoms with van der Waals surface area (Å²) in [7, 11) is 0. The van der Waals surface area contributed by atoms with Crippen molar-refractivity contribution in [2.75, 3.05) is 0 Å². The number of aryl methyl sites for hydroxylation is 2. The van der Waals surface area contributed by atoms with Crippen LogP contribution in [-0.2, 0) is 6.61 Å². The number of nitrogens with zero attached hydrogens (tertiary/aromatic N) is 1. The summed E-state index contributed by atoms with van der Waals surface area (Å²) >= 11 is 0. The number of amides is 1. The van der Waals surface area contributed by atoms with Crippen LogP contribution >= 0.6 is 0 Å². The molecule has 1 aromatic heterocycles. The fraction of sp³-hybridized carbons (Fsp3) is 0.200. The molecule has 2 aromatic rings. The van der Waals surface area contributed by atoms with Crippen LogP contribution < -0.4 is 16.0 Å². The van der Waals surface area contributed by atoms with Crippen molar-refractivity contribution in [2.45, 2.75) is 20.5 Å². The predicted octanol–water partition coefficient (Wildman–Crippen LogP) is 1.95. The Balaban J connectivity index is 2.15. The van der Waals surface area contributed by atoms with Gasteiger partial charge in [-0.05, 0) is 37.6 Å². The average molecular weight is 285 g/mol. The highest BCUT2D eigenvalue weighted by Crippen LogP contribution is 2.22. The highest BCUT2D eigenvalue weighted by Gasteiger charge is 2.14. The molecule has 6 heteroatoms. The van der Waals surface area contributed by atoms with Gasteiger partial charge in [0, 0.05) is 5.56 Å². The highest BCUT2D eigenvalue weighted by molar-refractivity contribution is 5.91. The first-order chi connectivity index (χ1) is 10.0. The van der Waals surface area contributed by atoms with E-state index in [1.807, 2.05) is 18.4 Å². The summed E-state index contributed by atoms with van der Waals surface area (Å²) in [5.74, 6) is 5.91. The summed E-state index contributed by atoms with van der Waals surface area (Å²) in [5, 5.41) is 8.90. The minimum atomic E-state index is -0.494. The van der Waals surface area contributed by atoms with E-state index in [9.17, 15) is 4.79 Å². The summed E-state index contributed by atoms with van der Waals surface area (Å²) in [6, 6.07) is 8.88. The van der Waals surface area contributed by atoms with E-state index in [1.54, 1.807) is 25.1 Å². The van der Waals surface area contributed by atoms with Crippen LogP contribution in [0.15, 0.2) is 28.7 Å². The van der Waals surface area contributed by atoms with Crippen molar-refractivity contribution in [1.29, 1.82) is 5.26 Å². The number of nitriles is 1. The number of ether oxygens (including phenoxy) is 1. The van der Waals surface area contributed by atoms with Gasteiger partial charge in [-0.15, -0.1) is 0 Å². The molecule has 2 rings (SSSR count). The zero-order chi connectivity index (χ0) is 15.4. The van der Waals surface area contributed by atoms with Crippen molar-refractivity contribution in [3.8, 4) is 11.8 Å². The van der Waals surface area contributed by atoms with Gasteiger partial charge in [0.15, 0.2) is 5.76 Å². The van der Waals surface area contributed by atoms with Gasteiger partial charge in [-0.2, -0.15) is 5.26 Å². The Hall–Kier alpha value is -2.78. The molecule has 0 radical (unpaired) electrons. The first-order valence-electron chi connectivity index (χ1n) is 6.29. The molecule has 0 fully saturated rings. The third-order valence-corrected chi connectivity index (χ3v) is 3.08. The number of hydrogen-bond donors (Lipinski definition) is 2. The van der Waals surface area contributed by atoms with Gasteiger partial charge in [-0.1, -0.05) is 6.07 Å². The quantitative estimate of drug-likeness (QED) is 0.508. The van der Waals surface area contributed by atoms with Crippen LogP contribution in [0.2, 0.25) is 0 Å². The summed E-state index contributed by atoms with van der Waals surface area (Å²) in [6.45, 7) is 3.87. The van der Waals surface area contributed by atoms with Crippen molar-refractivity contribution in [1.82, 2.24) is 5.43 Å². The molecule has 0 aliphatic rings. The van der Waals surface area contributed by atoms with Crippen molar-refractivity contribution < 1.29 is 13.9 Å². The monoisotopic (exact) mass is 285 g/mol. The molecule has 0 aliphatic carbocycles. The molecule has 0 spiro atoms. The van der Waals surface area contributed by atoms with Crippen LogP contribution in [0, 0.1) is 25.2 Å². The molecule has 0 bridgehead atoms. The Bertz CT molecular complexity index is 713. The van der Waals surface area contributed by atoms with Crippen molar-refractivity contribution in [3.63, 3.8) is 0 Å². The third kappa shape index (κ3) is 3.22. The number of benzene rings is 1. The minimum Gasteiger partial charge on any atom is -0.488 e. The van der Waals surface area contributed by atoms with E-state index in [1.165, 1.54) is 0 Å². The third-order valence-electron chi connectivity index (χ3n) is 3.08. The van der Waals surface area contributed by atoms with Gasteiger partial charge in [0.1, 0.15) is 18.1 Å². The second kappa shape index (κ2) is 6.11. The lowest BCUT2D eigenvalue weighted by Gasteiger charge is -2.08. The zero-order valence-corrected chi connectivity index (χ0v) is 11.8. The first-order valence-corrected chi connectivity index (χ1v) is 6.29. The first kappa shape index (κ1) is 14.6. The second-order valence-electron chi connectivity index (χ2n) is 4.55. The molecular formula is C15H15N3O3. The van der Waals surface area contributed by atoms with Gasteiger partial charge in [0.2, 0.25) is 0 Å². The van der Waals surface area contributed by atoms with E-state index in [0.717, 1.165) is 11.1 Å². The smallest absolute Gasteiger partial charge is 0.300 e. The SMILES string of the molecule is Cc1ccc(C#N)cc1OCc1cc(C(=O)NN)oc1C. The van der Waals surface area contributed by atoms with E-state index in [-0.39, 0.29) is 12.4 Å². The Morgan fingerprint density at radius 1 is 1.43 bits per heavy atom. The summed E-state index contributed by atoms with van der Waals surface area (Å²) in [5.41, 5.74) is 4.21. The van der Waals surface area contributed by atoms with Crippen LogP contribution in [0.5, 0.6) is 5.75 Å². The maximum Gasteiger partial charge on any atom is 0.300 e. The van der Waals surface area contributed by atoms with Crippen LogP contribution in [0.4, 0.5) is 0 Å². The Kier molecular flexibility index (Phi) is 4.26. The van der Waals surface area contributed by atoms with Crippen molar-refractivity contribution in [2.24, 2.45) is 5.84 Å². The fourth-order valence-corrected chi connectivity index (χ4v) is 1.83. The van der Waals surface area contributed by atoms with E-state index in [4.69, 9.17) is 20.3 Å². The Morgan fingerprint density at radius 3 is 2.86 bits per heavy atom. The molecule has 3 N–H and O–H groups in total. The van der Waals surface area contributed by atoms with Gasteiger partial charge >= 0.3 is 5.91 Å². The Morgan fingerprint density at radius 2 is 2.19 bits per heavy atom. The number of hydrazine groups is 1. The molecule has 0 aliphatic heterocycles. The molecule has 0 unspecified atom stereocenters. The Labute approximate surface area is 122 Å². The molecule has 0 saturated carbocycles. The van der Waals surface area contributed by atoms with E-state index in [2.05, 4.69) is 6.07 Å². The van der Waals surface area contributed by atoms with Gasteiger partial charge < -0.3 is 9.15 Å². The number of nitrogen functional groups attached to an aromatic ring is 1. The normalized spacial score (nSPS) is 10.0. The molecule has 1 amide bonds. The molecule has 0 atom stereocenters. The van der Waals surface area contributed by atoms with Gasteiger partial charge in [-0.25, -0.2) is 5.84 Å². The molecule has 0 saturated heterocycles. The lowest BCUT2D eigenvalue weighted by atomic mass is 10.1. The van der Waals surface area contributed by atoms with Crippen LogP contribution in [0.25, 0.3) is 0 Å². The minimum absolute atomic E-state index is 0.135. The second-order valence-corrected chi connectivity index (χ2v) is 4.55. The van der Waals surface area contributed by atoms with Crippen LogP contribution in [0.3, 0.4) is 0 Å². The summed E-state index contributed by atoms with van der Waals surface area (Å²) < 4.78 is 11.0. The number of nitrogens with one attached hydrogen (secondary N) is 1. The molecule has 6 nitrogen and oxygen atoms in total. The highest BCUT2D eigenvalue weighted by atomic mass is 16.5. The van der Waals surface area contributed by atoms with Gasteiger partial charge in [0.05, 0.1) is 11.6 Å². The van der Waals surface area contributed by atoms with Crippen molar-refractivity contribution in [3.05, 3.63) is 52.5 Å². The average Bonchev–Trinajstić information content (AvgIpc) is 2.87. The molecule has 108 valence electrons. The van der Waals surface area contributed by atoms with E-state index in [0.29, 0.717) is 17.1 Å². The largest absolute Gasteiger partial charge is 0.488 e. The standard InChI is InChI=1S/C15H15N3O3/c1-9-3-4-11(7-16)5-13(9)20-8-12-6-14(15(19)18-17)21-10(12)2/h3-6H,8,17H2,1-2H3,(H,18,19). The fourth-order valence-electron chi connectivity index (χ4n) is 1.83. The number of furan rings is 1. The number of nitrogens with two attached hydrogens (primary N) is 1. The van der Waals surface area contributed by atoms with Crippen molar-refractivity contribution >= 4 is 5.91 Å². The molecule has 21 heavy (non-hydrogen) atoms. The molecular weight excluding hydrogens is 270 g/mol. The number of rotatable bonds is 4. The van der Waals surface area contributed by atoms with Crippen LogP contribution in [0.1, 0.15) is 33.0 Å². The van der Waals surface area contributed by atoms with Crippen LogP contribution in [-0.4, -0.2) is 5.91 Å². The zero-order valence-electron chi connectivity index (χ0n) is 11.8. The predicted molar refractivity (Wildman–Crippen MR) is 75.3 cm³/mol. The summed E-state index contributed by atoms with van der Waals surface area (Å²) in [4.78, 5) is 11.4. The molecule has 1 heterocycles. The lowest BCUT2D eigenvalue weighted by Crippen LogP contribution is -2.29. The molecule has 1 aromatic carbocycles. The number of carbonyl (C=O) groups is 1. The van der Waals surface area contributed by atoms with Gasteiger partial charge in [-0.3, -0.25) is 10.2 Å². The van der Waals surface area contributed by atoms with E-state index < -0.39 is 5.91 Å². The summed E-state index contributed by atoms with van der Waals surface area (Å²) in [6.07, 6.45) is 0. The number of hydrogen-bond acceptors (Lipinski definition) is 5. The lowest BCUT2D eigenvalue weighted by molar-refractivity contribution is 0.0924. The number of carbonyl (C=O) groups excluding carboxylic acids is 1. The van der Waals surface area contributed by atoms with E-state index >= 15 is 0 Å².